The second kappa shape index (κ2) is 6.06. The van der Waals surface area contributed by atoms with Gasteiger partial charge in [-0.1, -0.05) is 32.0 Å². The minimum Gasteiger partial charge on any atom is -0.384 e. The molecule has 0 spiro atoms. The summed E-state index contributed by atoms with van der Waals surface area (Å²) in [6, 6.07) is 6.52. The lowest BCUT2D eigenvalue weighted by atomic mass is 10.1. The molecule has 1 aromatic rings. The molecule has 4 heteroatoms. The molecule has 3 rings (SSSR count). The van der Waals surface area contributed by atoms with Crippen LogP contribution in [-0.4, -0.2) is 48.4 Å². The summed E-state index contributed by atoms with van der Waals surface area (Å²) in [6.07, 6.45) is 1.12. The van der Waals surface area contributed by atoms with Crippen molar-refractivity contribution in [2.24, 2.45) is 5.92 Å². The molecule has 114 valence electrons. The van der Waals surface area contributed by atoms with Crippen LogP contribution in [0.3, 0.4) is 0 Å². The standard InChI is InChI=1S/C17H25N3O/c1-13(2)10-20-9-8-19(12-16(20)21)11-15-5-3-4-14-6-7-18-17(14)15/h3-5,13,18H,6-12H2,1-2H3. The molecule has 0 aromatic heterocycles. The zero-order chi connectivity index (χ0) is 14.8. The smallest absolute Gasteiger partial charge is 0.236 e. The van der Waals surface area contributed by atoms with Crippen LogP contribution in [-0.2, 0) is 17.8 Å². The van der Waals surface area contributed by atoms with Crippen LogP contribution < -0.4 is 5.32 Å². The van der Waals surface area contributed by atoms with E-state index >= 15 is 0 Å². The molecule has 2 aliphatic heterocycles. The summed E-state index contributed by atoms with van der Waals surface area (Å²) in [7, 11) is 0. The van der Waals surface area contributed by atoms with Gasteiger partial charge in [0.2, 0.25) is 5.91 Å². The van der Waals surface area contributed by atoms with Gasteiger partial charge in [-0.25, -0.2) is 0 Å². The van der Waals surface area contributed by atoms with Gasteiger partial charge in [0, 0.05) is 38.4 Å². The van der Waals surface area contributed by atoms with E-state index in [0.717, 1.165) is 39.1 Å². The maximum Gasteiger partial charge on any atom is 0.236 e. The number of anilines is 1. The number of hydrogen-bond donors (Lipinski definition) is 1. The number of carbonyl (C=O) groups excluding carboxylic acids is 1. The van der Waals surface area contributed by atoms with Crippen molar-refractivity contribution in [3.05, 3.63) is 29.3 Å². The monoisotopic (exact) mass is 287 g/mol. The number of carbonyl (C=O) groups is 1. The summed E-state index contributed by atoms with van der Waals surface area (Å²) in [5.41, 5.74) is 4.04. The van der Waals surface area contributed by atoms with Gasteiger partial charge in [-0.2, -0.15) is 0 Å². The Bertz CT molecular complexity index is 527. The Morgan fingerprint density at radius 1 is 1.29 bits per heavy atom. The maximum atomic E-state index is 12.2. The molecule has 1 fully saturated rings. The molecule has 1 saturated heterocycles. The number of amides is 1. The maximum absolute atomic E-state index is 12.2. The summed E-state index contributed by atoms with van der Waals surface area (Å²) in [5.74, 6) is 0.817. The third kappa shape index (κ3) is 3.21. The molecule has 2 aliphatic rings. The molecule has 2 heterocycles. The van der Waals surface area contributed by atoms with E-state index in [-0.39, 0.29) is 5.91 Å². The number of benzene rings is 1. The molecule has 0 atom stereocenters. The first-order valence-electron chi connectivity index (χ1n) is 7.98. The lowest BCUT2D eigenvalue weighted by Crippen LogP contribution is -2.50. The number of piperazine rings is 1. The van der Waals surface area contributed by atoms with Gasteiger partial charge in [-0.05, 0) is 23.5 Å². The van der Waals surface area contributed by atoms with Crippen molar-refractivity contribution >= 4 is 11.6 Å². The second-order valence-electron chi connectivity index (χ2n) is 6.57. The number of nitrogens with zero attached hydrogens (tertiary/aromatic N) is 2. The summed E-state index contributed by atoms with van der Waals surface area (Å²) in [5, 5.41) is 3.48. The molecule has 1 N–H and O–H groups in total. The van der Waals surface area contributed by atoms with Crippen LogP contribution in [0.15, 0.2) is 18.2 Å². The molecule has 0 bridgehead atoms. The molecule has 4 nitrogen and oxygen atoms in total. The summed E-state index contributed by atoms with van der Waals surface area (Å²) >= 11 is 0. The fourth-order valence-electron chi connectivity index (χ4n) is 3.31. The van der Waals surface area contributed by atoms with Gasteiger partial charge in [-0.15, -0.1) is 0 Å². The van der Waals surface area contributed by atoms with E-state index in [4.69, 9.17) is 0 Å². The summed E-state index contributed by atoms with van der Waals surface area (Å²) in [6.45, 7) is 9.51. The Kier molecular flexibility index (Phi) is 4.15. The fourth-order valence-corrected chi connectivity index (χ4v) is 3.31. The summed E-state index contributed by atoms with van der Waals surface area (Å²) in [4.78, 5) is 16.5. The third-order valence-electron chi connectivity index (χ3n) is 4.31. The highest BCUT2D eigenvalue weighted by atomic mass is 16.2. The lowest BCUT2D eigenvalue weighted by Gasteiger charge is -2.35. The van der Waals surface area contributed by atoms with E-state index in [1.165, 1.54) is 16.8 Å². The van der Waals surface area contributed by atoms with Gasteiger partial charge in [0.15, 0.2) is 0 Å². The molecule has 0 saturated carbocycles. The Hall–Kier alpha value is -1.55. The van der Waals surface area contributed by atoms with Crippen LogP contribution in [0.5, 0.6) is 0 Å². The van der Waals surface area contributed by atoms with Crippen LogP contribution in [0.2, 0.25) is 0 Å². The molecular formula is C17H25N3O. The number of rotatable bonds is 4. The van der Waals surface area contributed by atoms with Gasteiger partial charge in [0.25, 0.3) is 0 Å². The van der Waals surface area contributed by atoms with E-state index in [9.17, 15) is 4.79 Å². The topological polar surface area (TPSA) is 35.6 Å². The van der Waals surface area contributed by atoms with E-state index < -0.39 is 0 Å². The van der Waals surface area contributed by atoms with Crippen molar-refractivity contribution in [3.63, 3.8) is 0 Å². The van der Waals surface area contributed by atoms with E-state index in [1.54, 1.807) is 0 Å². The second-order valence-corrected chi connectivity index (χ2v) is 6.57. The van der Waals surface area contributed by atoms with Crippen molar-refractivity contribution in [1.82, 2.24) is 9.80 Å². The molecule has 0 unspecified atom stereocenters. The number of hydrogen-bond acceptors (Lipinski definition) is 3. The average Bonchev–Trinajstić information content (AvgIpc) is 2.91. The van der Waals surface area contributed by atoms with Crippen LogP contribution in [0, 0.1) is 5.92 Å². The summed E-state index contributed by atoms with van der Waals surface area (Å²) < 4.78 is 0. The Balaban J connectivity index is 1.63. The number of fused-ring (bicyclic) bond motifs is 1. The average molecular weight is 287 g/mol. The van der Waals surface area contributed by atoms with Crippen molar-refractivity contribution in [3.8, 4) is 0 Å². The molecular weight excluding hydrogens is 262 g/mol. The molecule has 1 aromatic carbocycles. The zero-order valence-electron chi connectivity index (χ0n) is 13.1. The van der Waals surface area contributed by atoms with Crippen molar-refractivity contribution in [2.45, 2.75) is 26.8 Å². The normalized spacial score (nSPS) is 19.0. The SMILES string of the molecule is CC(C)CN1CCN(Cc2cccc3c2NCC3)CC1=O. The Morgan fingerprint density at radius 2 is 2.14 bits per heavy atom. The first kappa shape index (κ1) is 14.4. The Labute approximate surface area is 127 Å². The highest BCUT2D eigenvalue weighted by Crippen LogP contribution is 2.27. The van der Waals surface area contributed by atoms with Gasteiger partial charge in [0.05, 0.1) is 6.54 Å². The van der Waals surface area contributed by atoms with E-state index in [2.05, 4.69) is 42.3 Å². The number of para-hydroxylation sites is 1. The van der Waals surface area contributed by atoms with Crippen LogP contribution >= 0.6 is 0 Å². The largest absolute Gasteiger partial charge is 0.384 e. The molecule has 1 amide bonds. The molecule has 0 aliphatic carbocycles. The van der Waals surface area contributed by atoms with Crippen molar-refractivity contribution < 1.29 is 4.79 Å². The fraction of sp³-hybridized carbons (Fsp3) is 0.588. The highest BCUT2D eigenvalue weighted by Gasteiger charge is 2.25. The first-order chi connectivity index (χ1) is 10.1. The predicted molar refractivity (Wildman–Crippen MR) is 85.3 cm³/mol. The van der Waals surface area contributed by atoms with Gasteiger partial charge in [-0.3, -0.25) is 9.69 Å². The lowest BCUT2D eigenvalue weighted by molar-refractivity contribution is -0.136. The molecule has 0 radical (unpaired) electrons. The molecule has 21 heavy (non-hydrogen) atoms. The zero-order valence-corrected chi connectivity index (χ0v) is 13.1. The number of nitrogens with one attached hydrogen (secondary N) is 1. The van der Waals surface area contributed by atoms with Gasteiger partial charge >= 0.3 is 0 Å². The van der Waals surface area contributed by atoms with Crippen molar-refractivity contribution in [2.75, 3.05) is 38.0 Å². The van der Waals surface area contributed by atoms with E-state index in [1.807, 2.05) is 4.90 Å². The van der Waals surface area contributed by atoms with Gasteiger partial charge in [0.1, 0.15) is 0 Å². The van der Waals surface area contributed by atoms with Crippen molar-refractivity contribution in [1.29, 1.82) is 0 Å². The van der Waals surface area contributed by atoms with E-state index in [0.29, 0.717) is 12.5 Å². The Morgan fingerprint density at radius 3 is 2.90 bits per heavy atom. The third-order valence-corrected chi connectivity index (χ3v) is 4.31. The van der Waals surface area contributed by atoms with Gasteiger partial charge < -0.3 is 10.2 Å². The minimum absolute atomic E-state index is 0.274. The predicted octanol–water partition coefficient (Wildman–Crippen LogP) is 1.95. The van der Waals surface area contributed by atoms with Crippen LogP contribution in [0.25, 0.3) is 0 Å². The quantitative estimate of drug-likeness (QED) is 0.919. The van der Waals surface area contributed by atoms with Crippen LogP contribution in [0.4, 0.5) is 5.69 Å². The van der Waals surface area contributed by atoms with Crippen LogP contribution in [0.1, 0.15) is 25.0 Å². The first-order valence-corrected chi connectivity index (χ1v) is 7.98. The highest BCUT2D eigenvalue weighted by molar-refractivity contribution is 5.79. The minimum atomic E-state index is 0.274.